The normalized spacial score (nSPS) is 37.5. The van der Waals surface area contributed by atoms with Gasteiger partial charge in [0.15, 0.2) is 6.35 Å². The summed E-state index contributed by atoms with van der Waals surface area (Å²) in [7, 11) is 1.96. The fourth-order valence-electron chi connectivity index (χ4n) is 4.51. The predicted octanol–water partition coefficient (Wildman–Crippen LogP) is 1.14. The highest BCUT2D eigenvalue weighted by atomic mass is 16.3. The summed E-state index contributed by atoms with van der Waals surface area (Å²) < 4.78 is 0. The van der Waals surface area contributed by atoms with Crippen molar-refractivity contribution < 1.29 is 9.90 Å². The second-order valence-electron chi connectivity index (χ2n) is 7.38. The van der Waals surface area contributed by atoms with Crippen LogP contribution in [0.3, 0.4) is 0 Å². The van der Waals surface area contributed by atoms with Crippen LogP contribution in [-0.4, -0.2) is 41.4 Å². The summed E-state index contributed by atoms with van der Waals surface area (Å²) in [5.74, 6) is 0.599. The molecule has 1 heterocycles. The minimum absolute atomic E-state index is 0.0221. The van der Waals surface area contributed by atoms with E-state index in [0.29, 0.717) is 18.8 Å². The Labute approximate surface area is 137 Å². The predicted molar refractivity (Wildman–Crippen MR) is 87.3 cm³/mol. The quantitative estimate of drug-likeness (QED) is 0.780. The summed E-state index contributed by atoms with van der Waals surface area (Å²) in [5.41, 5.74) is 0.472. The SMILES string of the molecule is CNC1(c2ccccc2)CC2(C1)C(=O)NC(O)N2CC1CCC1. The molecule has 4 rings (SSSR count). The number of carbonyl (C=O) groups is 1. The lowest BCUT2D eigenvalue weighted by Crippen LogP contribution is -2.69. The second-order valence-corrected chi connectivity index (χ2v) is 7.38. The molecule has 0 aromatic heterocycles. The molecule has 23 heavy (non-hydrogen) atoms. The molecular formula is C18H25N3O2. The van der Waals surface area contributed by atoms with Crippen molar-refractivity contribution in [3.63, 3.8) is 0 Å². The van der Waals surface area contributed by atoms with Crippen LogP contribution in [0.15, 0.2) is 30.3 Å². The molecule has 124 valence electrons. The van der Waals surface area contributed by atoms with Crippen LogP contribution in [0.5, 0.6) is 0 Å². The Bertz CT molecular complexity index is 594. The van der Waals surface area contributed by atoms with Crippen LogP contribution in [0.25, 0.3) is 0 Å². The first kappa shape index (κ1) is 15.1. The molecule has 5 heteroatoms. The summed E-state index contributed by atoms with van der Waals surface area (Å²) >= 11 is 0. The molecule has 0 radical (unpaired) electrons. The molecular weight excluding hydrogens is 290 g/mol. The largest absolute Gasteiger partial charge is 0.361 e. The Morgan fingerprint density at radius 3 is 2.57 bits per heavy atom. The van der Waals surface area contributed by atoms with Crippen LogP contribution in [0.2, 0.25) is 0 Å². The van der Waals surface area contributed by atoms with Crippen molar-refractivity contribution in [2.75, 3.05) is 13.6 Å². The van der Waals surface area contributed by atoms with E-state index in [4.69, 9.17) is 0 Å². The minimum Gasteiger partial charge on any atom is -0.361 e. The summed E-state index contributed by atoms with van der Waals surface area (Å²) in [5, 5.41) is 16.5. The second kappa shape index (κ2) is 5.30. The fourth-order valence-corrected chi connectivity index (χ4v) is 4.51. The van der Waals surface area contributed by atoms with Gasteiger partial charge in [0.25, 0.3) is 0 Å². The lowest BCUT2D eigenvalue weighted by Gasteiger charge is -2.57. The van der Waals surface area contributed by atoms with Gasteiger partial charge in [0, 0.05) is 12.1 Å². The molecule has 1 unspecified atom stereocenters. The van der Waals surface area contributed by atoms with E-state index in [1.165, 1.54) is 24.8 Å². The van der Waals surface area contributed by atoms with Crippen molar-refractivity contribution in [2.45, 2.75) is 49.5 Å². The van der Waals surface area contributed by atoms with Crippen molar-refractivity contribution >= 4 is 5.91 Å². The van der Waals surface area contributed by atoms with Gasteiger partial charge in [0.2, 0.25) is 5.91 Å². The highest BCUT2D eigenvalue weighted by molar-refractivity contribution is 5.90. The van der Waals surface area contributed by atoms with E-state index in [0.717, 1.165) is 6.54 Å². The van der Waals surface area contributed by atoms with E-state index in [2.05, 4.69) is 22.8 Å². The van der Waals surface area contributed by atoms with E-state index in [-0.39, 0.29) is 11.4 Å². The molecule has 1 aromatic rings. The number of rotatable bonds is 4. The Balaban J connectivity index is 1.59. The molecule has 1 atom stereocenters. The van der Waals surface area contributed by atoms with Crippen molar-refractivity contribution in [1.29, 1.82) is 0 Å². The summed E-state index contributed by atoms with van der Waals surface area (Å²) in [4.78, 5) is 14.6. The number of benzene rings is 1. The molecule has 1 amide bonds. The number of carbonyl (C=O) groups excluding carboxylic acids is 1. The number of hydrogen-bond acceptors (Lipinski definition) is 4. The Morgan fingerprint density at radius 2 is 2.00 bits per heavy atom. The van der Waals surface area contributed by atoms with Gasteiger partial charge in [-0.25, -0.2) is 4.90 Å². The maximum Gasteiger partial charge on any atom is 0.243 e. The summed E-state index contributed by atoms with van der Waals surface area (Å²) in [6, 6.07) is 10.3. The average Bonchev–Trinajstić information content (AvgIpc) is 2.72. The molecule has 1 aliphatic heterocycles. The fraction of sp³-hybridized carbons (Fsp3) is 0.611. The highest BCUT2D eigenvalue weighted by Gasteiger charge is 2.66. The van der Waals surface area contributed by atoms with Gasteiger partial charge in [0.05, 0.1) is 0 Å². The third-order valence-corrected chi connectivity index (χ3v) is 6.20. The van der Waals surface area contributed by atoms with Gasteiger partial charge in [0.1, 0.15) is 5.54 Å². The van der Waals surface area contributed by atoms with Gasteiger partial charge < -0.3 is 15.7 Å². The zero-order valence-corrected chi connectivity index (χ0v) is 13.6. The first-order valence-corrected chi connectivity index (χ1v) is 8.60. The molecule has 1 aromatic carbocycles. The highest BCUT2D eigenvalue weighted by Crippen LogP contribution is 2.54. The molecule has 3 fully saturated rings. The zero-order chi connectivity index (χ0) is 16.1. The van der Waals surface area contributed by atoms with Crippen LogP contribution < -0.4 is 10.6 Å². The Morgan fingerprint density at radius 1 is 1.30 bits per heavy atom. The smallest absolute Gasteiger partial charge is 0.243 e. The first-order valence-electron chi connectivity index (χ1n) is 8.60. The van der Waals surface area contributed by atoms with Gasteiger partial charge in [-0.1, -0.05) is 36.8 Å². The third-order valence-electron chi connectivity index (χ3n) is 6.20. The molecule has 5 nitrogen and oxygen atoms in total. The van der Waals surface area contributed by atoms with Crippen LogP contribution in [0.1, 0.15) is 37.7 Å². The van der Waals surface area contributed by atoms with Crippen LogP contribution in [0, 0.1) is 5.92 Å². The topological polar surface area (TPSA) is 64.6 Å². The number of hydrogen-bond donors (Lipinski definition) is 3. The molecule has 0 bridgehead atoms. The third kappa shape index (κ3) is 2.14. The Hall–Kier alpha value is -1.43. The molecule has 1 saturated heterocycles. The molecule has 3 N–H and O–H groups in total. The zero-order valence-electron chi connectivity index (χ0n) is 13.6. The van der Waals surface area contributed by atoms with Gasteiger partial charge in [-0.2, -0.15) is 0 Å². The number of nitrogens with one attached hydrogen (secondary N) is 2. The number of nitrogens with zero attached hydrogens (tertiary/aromatic N) is 1. The standard InChI is InChI=1S/C18H25N3O2/c1-19-17(14-8-3-2-4-9-14)11-18(12-17)15(22)20-16(23)21(18)10-13-6-5-7-13/h2-4,8-9,13,16,19,23H,5-7,10-12H2,1H3,(H,20,22). The molecule has 2 saturated carbocycles. The van der Waals surface area contributed by atoms with Crippen molar-refractivity contribution in [3.05, 3.63) is 35.9 Å². The van der Waals surface area contributed by atoms with Gasteiger partial charge in [-0.15, -0.1) is 0 Å². The lowest BCUT2D eigenvalue weighted by molar-refractivity contribution is -0.142. The van der Waals surface area contributed by atoms with Crippen molar-refractivity contribution in [2.24, 2.45) is 5.92 Å². The summed E-state index contributed by atoms with van der Waals surface area (Å²) in [6.45, 7) is 0.814. The minimum atomic E-state index is -0.839. The maximum absolute atomic E-state index is 12.6. The van der Waals surface area contributed by atoms with Crippen molar-refractivity contribution in [3.8, 4) is 0 Å². The number of aliphatic hydroxyl groups is 1. The van der Waals surface area contributed by atoms with E-state index >= 15 is 0 Å². The van der Waals surface area contributed by atoms with Gasteiger partial charge in [-0.3, -0.25) is 4.79 Å². The van der Waals surface area contributed by atoms with Gasteiger partial charge >= 0.3 is 0 Å². The van der Waals surface area contributed by atoms with E-state index in [1.54, 1.807) is 0 Å². The number of amides is 1. The first-order chi connectivity index (χ1) is 11.1. The van der Waals surface area contributed by atoms with E-state index in [9.17, 15) is 9.90 Å². The van der Waals surface area contributed by atoms with Crippen LogP contribution >= 0.6 is 0 Å². The summed E-state index contributed by atoms with van der Waals surface area (Å²) in [6.07, 6.45) is 4.26. The number of aliphatic hydroxyl groups excluding tert-OH is 1. The monoisotopic (exact) mass is 315 g/mol. The molecule has 1 spiro atoms. The van der Waals surface area contributed by atoms with Crippen LogP contribution in [0.4, 0.5) is 0 Å². The molecule has 3 aliphatic rings. The average molecular weight is 315 g/mol. The Kier molecular flexibility index (Phi) is 3.48. The lowest BCUT2D eigenvalue weighted by atomic mass is 9.59. The van der Waals surface area contributed by atoms with Crippen LogP contribution in [-0.2, 0) is 10.3 Å². The van der Waals surface area contributed by atoms with E-state index < -0.39 is 11.9 Å². The van der Waals surface area contributed by atoms with E-state index in [1.807, 2.05) is 30.1 Å². The molecule has 2 aliphatic carbocycles. The van der Waals surface area contributed by atoms with Gasteiger partial charge in [-0.05, 0) is 44.2 Å². The van der Waals surface area contributed by atoms with Crippen molar-refractivity contribution in [1.82, 2.24) is 15.5 Å². The maximum atomic E-state index is 12.6.